The fourth-order valence-electron chi connectivity index (χ4n) is 2.99. The number of hydrogen-bond acceptors (Lipinski definition) is 6. The highest BCUT2D eigenvalue weighted by molar-refractivity contribution is 7.09. The first-order valence-corrected chi connectivity index (χ1v) is 10.9. The van der Waals surface area contributed by atoms with Crippen molar-refractivity contribution in [3.63, 3.8) is 0 Å². The van der Waals surface area contributed by atoms with Crippen molar-refractivity contribution in [3.05, 3.63) is 86.3 Å². The zero-order valence-electron chi connectivity index (χ0n) is 16.5. The van der Waals surface area contributed by atoms with Crippen LogP contribution in [0.5, 0.6) is 5.75 Å². The summed E-state index contributed by atoms with van der Waals surface area (Å²) in [6.45, 7) is 0.638. The number of benzene rings is 2. The molecule has 31 heavy (non-hydrogen) atoms. The van der Waals surface area contributed by atoms with Crippen LogP contribution in [0.25, 0.3) is 6.08 Å². The van der Waals surface area contributed by atoms with Crippen molar-refractivity contribution < 1.29 is 19.1 Å². The number of rotatable bonds is 7. The SMILES string of the molecule is O=C(Cc1nc(COC(=O)C2=Cc3cc(Cl)ccc3OC2)cs1)NCc1ccccc1. The topological polar surface area (TPSA) is 77.5 Å². The standard InChI is InChI=1S/C23H19ClN2O4S/c24-18-6-7-20-16(9-18)8-17(12-29-20)23(28)30-13-19-14-31-22(26-19)10-21(27)25-11-15-4-2-1-3-5-15/h1-9,14H,10-13H2,(H,25,27). The molecular weight excluding hydrogens is 436 g/mol. The number of hydrogen-bond donors (Lipinski definition) is 1. The monoisotopic (exact) mass is 454 g/mol. The summed E-state index contributed by atoms with van der Waals surface area (Å²) in [5.74, 6) is 0.0972. The maximum atomic E-state index is 12.4. The first kappa shape index (κ1) is 21.1. The van der Waals surface area contributed by atoms with Crippen LogP contribution in [0.15, 0.2) is 59.5 Å². The lowest BCUT2D eigenvalue weighted by atomic mass is 10.1. The van der Waals surface area contributed by atoms with E-state index < -0.39 is 5.97 Å². The van der Waals surface area contributed by atoms with Gasteiger partial charge in [0.1, 0.15) is 24.0 Å². The van der Waals surface area contributed by atoms with Gasteiger partial charge in [0, 0.05) is 22.5 Å². The van der Waals surface area contributed by atoms with Crippen molar-refractivity contribution in [2.45, 2.75) is 19.6 Å². The molecule has 2 aromatic carbocycles. The van der Waals surface area contributed by atoms with Gasteiger partial charge in [-0.3, -0.25) is 4.79 Å². The number of esters is 1. The highest BCUT2D eigenvalue weighted by Gasteiger charge is 2.19. The molecule has 1 aliphatic rings. The Labute approximate surface area is 188 Å². The Morgan fingerprint density at radius 2 is 2.03 bits per heavy atom. The molecule has 0 bridgehead atoms. The van der Waals surface area contributed by atoms with Gasteiger partial charge in [-0.25, -0.2) is 9.78 Å². The van der Waals surface area contributed by atoms with Crippen molar-refractivity contribution in [1.29, 1.82) is 0 Å². The summed E-state index contributed by atoms with van der Waals surface area (Å²) < 4.78 is 10.9. The minimum atomic E-state index is -0.472. The average molecular weight is 455 g/mol. The average Bonchev–Trinajstić information content (AvgIpc) is 3.23. The van der Waals surface area contributed by atoms with Crippen LogP contribution in [0, 0.1) is 0 Å². The molecule has 1 aliphatic heterocycles. The Morgan fingerprint density at radius 3 is 2.87 bits per heavy atom. The zero-order chi connectivity index (χ0) is 21.6. The van der Waals surface area contributed by atoms with Crippen LogP contribution in [0.1, 0.15) is 21.8 Å². The predicted molar refractivity (Wildman–Crippen MR) is 119 cm³/mol. The van der Waals surface area contributed by atoms with Crippen molar-refractivity contribution in [2.75, 3.05) is 6.61 Å². The number of fused-ring (bicyclic) bond motifs is 1. The number of ether oxygens (including phenoxy) is 2. The third-order valence-electron chi connectivity index (χ3n) is 4.54. The molecular formula is C23H19ClN2O4S. The molecule has 2 heterocycles. The van der Waals surface area contributed by atoms with Crippen LogP contribution in [0.4, 0.5) is 0 Å². The summed E-state index contributed by atoms with van der Waals surface area (Å²) in [6.07, 6.45) is 1.90. The van der Waals surface area contributed by atoms with Gasteiger partial charge in [0.05, 0.1) is 17.7 Å². The van der Waals surface area contributed by atoms with Crippen LogP contribution in [0.2, 0.25) is 5.02 Å². The van der Waals surface area contributed by atoms with E-state index in [0.29, 0.717) is 33.6 Å². The van der Waals surface area contributed by atoms with Crippen molar-refractivity contribution >= 4 is 40.9 Å². The number of halogens is 1. The number of thiazole rings is 1. The molecule has 1 N–H and O–H groups in total. The number of nitrogens with zero attached hydrogens (tertiary/aromatic N) is 1. The zero-order valence-corrected chi connectivity index (χ0v) is 18.0. The van der Waals surface area contributed by atoms with E-state index in [1.807, 2.05) is 30.3 Å². The molecule has 1 aromatic heterocycles. The van der Waals surface area contributed by atoms with Crippen LogP contribution < -0.4 is 10.1 Å². The van der Waals surface area contributed by atoms with Gasteiger partial charge in [-0.05, 0) is 29.8 Å². The largest absolute Gasteiger partial charge is 0.488 e. The molecule has 8 heteroatoms. The molecule has 0 saturated carbocycles. The van der Waals surface area contributed by atoms with Gasteiger partial charge in [-0.2, -0.15) is 0 Å². The van der Waals surface area contributed by atoms with Crippen molar-refractivity contribution in [1.82, 2.24) is 10.3 Å². The normalized spacial score (nSPS) is 12.4. The van der Waals surface area contributed by atoms with E-state index in [9.17, 15) is 9.59 Å². The quantitative estimate of drug-likeness (QED) is 0.542. The molecule has 0 atom stereocenters. The fourth-order valence-corrected chi connectivity index (χ4v) is 3.95. The van der Waals surface area contributed by atoms with E-state index in [1.54, 1.807) is 29.7 Å². The van der Waals surface area contributed by atoms with Gasteiger partial charge < -0.3 is 14.8 Å². The van der Waals surface area contributed by atoms with E-state index in [-0.39, 0.29) is 25.5 Å². The second-order valence-electron chi connectivity index (χ2n) is 6.89. The van der Waals surface area contributed by atoms with Gasteiger partial charge >= 0.3 is 5.97 Å². The molecule has 0 fully saturated rings. The van der Waals surface area contributed by atoms with Crippen molar-refractivity contribution in [3.8, 4) is 5.75 Å². The Morgan fingerprint density at radius 1 is 1.19 bits per heavy atom. The molecule has 158 valence electrons. The summed E-state index contributed by atoms with van der Waals surface area (Å²) in [5.41, 5.74) is 2.78. The second-order valence-corrected chi connectivity index (χ2v) is 8.27. The number of carbonyl (C=O) groups is 2. The fraction of sp³-hybridized carbons (Fsp3) is 0.174. The van der Waals surface area contributed by atoms with Crippen molar-refractivity contribution in [2.24, 2.45) is 0 Å². The van der Waals surface area contributed by atoms with E-state index >= 15 is 0 Å². The molecule has 0 aliphatic carbocycles. The molecule has 0 spiro atoms. The van der Waals surface area contributed by atoms with Crippen LogP contribution >= 0.6 is 22.9 Å². The number of nitrogens with one attached hydrogen (secondary N) is 1. The number of aromatic nitrogens is 1. The minimum Gasteiger partial charge on any atom is -0.488 e. The van der Waals surface area contributed by atoms with E-state index in [4.69, 9.17) is 21.1 Å². The van der Waals surface area contributed by atoms with Crippen LogP contribution in [-0.2, 0) is 33.9 Å². The maximum Gasteiger partial charge on any atom is 0.337 e. The summed E-state index contributed by atoms with van der Waals surface area (Å²) >= 11 is 7.36. The summed E-state index contributed by atoms with van der Waals surface area (Å²) in [4.78, 5) is 28.9. The molecule has 3 aromatic rings. The Hall–Kier alpha value is -3.16. The summed E-state index contributed by atoms with van der Waals surface area (Å²) in [5, 5.41) is 5.89. The predicted octanol–water partition coefficient (Wildman–Crippen LogP) is 4.17. The van der Waals surface area contributed by atoms with Gasteiger partial charge in [0.15, 0.2) is 0 Å². The third kappa shape index (κ3) is 5.71. The minimum absolute atomic E-state index is 0.0285. The van der Waals surface area contributed by atoms with Gasteiger partial charge in [-0.15, -0.1) is 11.3 Å². The Balaban J connectivity index is 1.27. The first-order chi connectivity index (χ1) is 15.1. The molecule has 4 rings (SSSR count). The highest BCUT2D eigenvalue weighted by Crippen LogP contribution is 2.29. The van der Waals surface area contributed by atoms with Gasteiger partial charge in [-0.1, -0.05) is 41.9 Å². The lowest BCUT2D eigenvalue weighted by Crippen LogP contribution is -2.24. The lowest BCUT2D eigenvalue weighted by molar-refractivity contribution is -0.140. The molecule has 1 amide bonds. The Kier molecular flexibility index (Phi) is 6.64. The maximum absolute atomic E-state index is 12.4. The molecule has 0 radical (unpaired) electrons. The summed E-state index contributed by atoms with van der Waals surface area (Å²) in [7, 11) is 0. The van der Waals surface area contributed by atoms with Gasteiger partial charge in [0.2, 0.25) is 5.91 Å². The molecule has 0 saturated heterocycles. The van der Waals surface area contributed by atoms with Crippen LogP contribution in [-0.4, -0.2) is 23.5 Å². The highest BCUT2D eigenvalue weighted by atomic mass is 35.5. The number of amides is 1. The molecule has 0 unspecified atom stereocenters. The van der Waals surface area contributed by atoms with E-state index in [1.165, 1.54) is 11.3 Å². The second kappa shape index (κ2) is 9.76. The smallest absolute Gasteiger partial charge is 0.337 e. The van der Waals surface area contributed by atoms with E-state index in [2.05, 4.69) is 10.3 Å². The lowest BCUT2D eigenvalue weighted by Gasteiger charge is -2.17. The van der Waals surface area contributed by atoms with Crippen LogP contribution in [0.3, 0.4) is 0 Å². The number of carbonyl (C=O) groups excluding carboxylic acids is 2. The molecule has 6 nitrogen and oxygen atoms in total. The Bertz CT molecular complexity index is 1130. The third-order valence-corrected chi connectivity index (χ3v) is 5.67. The summed E-state index contributed by atoms with van der Waals surface area (Å²) in [6, 6.07) is 14.9. The first-order valence-electron chi connectivity index (χ1n) is 9.61. The van der Waals surface area contributed by atoms with E-state index in [0.717, 1.165) is 11.1 Å². The van der Waals surface area contributed by atoms with Gasteiger partial charge in [0.25, 0.3) is 0 Å².